The van der Waals surface area contributed by atoms with Gasteiger partial charge in [0.15, 0.2) is 0 Å². The molecule has 1 fully saturated rings. The van der Waals surface area contributed by atoms with Crippen LogP contribution in [-0.2, 0) is 14.4 Å². The summed E-state index contributed by atoms with van der Waals surface area (Å²) in [5, 5.41) is 9.79. The maximum absolute atomic E-state index is 10.9. The lowest BCUT2D eigenvalue weighted by Crippen LogP contribution is -2.47. The SMILES string of the molecule is O=C(O)C(=O)ON1CCN(c2ccncc2)CC1. The van der Waals surface area contributed by atoms with Crippen molar-refractivity contribution in [3.05, 3.63) is 24.5 Å². The number of carbonyl (C=O) groups is 2. The Hall–Kier alpha value is -2.15. The second kappa shape index (κ2) is 5.46. The number of carboxylic acids is 1. The molecule has 2 rings (SSSR count). The lowest BCUT2D eigenvalue weighted by Gasteiger charge is -2.34. The molecule has 1 N–H and O–H groups in total. The summed E-state index contributed by atoms with van der Waals surface area (Å²) in [5.41, 5.74) is 1.05. The Morgan fingerprint density at radius 2 is 1.78 bits per heavy atom. The van der Waals surface area contributed by atoms with Crippen molar-refractivity contribution in [1.82, 2.24) is 10.0 Å². The highest BCUT2D eigenvalue weighted by molar-refractivity contribution is 6.28. The molecule has 0 aromatic carbocycles. The van der Waals surface area contributed by atoms with Crippen LogP contribution in [0.5, 0.6) is 0 Å². The van der Waals surface area contributed by atoms with Crippen LogP contribution in [0.15, 0.2) is 24.5 Å². The van der Waals surface area contributed by atoms with Gasteiger partial charge in [-0.3, -0.25) is 4.98 Å². The summed E-state index contributed by atoms with van der Waals surface area (Å²) in [5.74, 6) is -2.82. The number of rotatable bonds is 2. The summed E-state index contributed by atoms with van der Waals surface area (Å²) in [4.78, 5) is 32.0. The van der Waals surface area contributed by atoms with E-state index in [0.717, 1.165) is 5.69 Å². The number of hydrogen-bond acceptors (Lipinski definition) is 6. The Kier molecular flexibility index (Phi) is 3.73. The maximum atomic E-state index is 10.9. The minimum Gasteiger partial charge on any atom is -0.473 e. The molecule has 1 aliphatic rings. The predicted molar refractivity (Wildman–Crippen MR) is 61.8 cm³/mol. The van der Waals surface area contributed by atoms with Gasteiger partial charge in [-0.1, -0.05) is 0 Å². The molecular weight excluding hydrogens is 238 g/mol. The average molecular weight is 251 g/mol. The van der Waals surface area contributed by atoms with E-state index in [9.17, 15) is 9.59 Å². The number of pyridine rings is 1. The number of aliphatic carboxylic acids is 1. The van der Waals surface area contributed by atoms with E-state index in [-0.39, 0.29) is 0 Å². The number of nitrogens with zero attached hydrogens (tertiary/aromatic N) is 3. The molecular formula is C11H13N3O4. The van der Waals surface area contributed by atoms with E-state index in [2.05, 4.69) is 9.88 Å². The van der Waals surface area contributed by atoms with Crippen LogP contribution >= 0.6 is 0 Å². The van der Waals surface area contributed by atoms with E-state index >= 15 is 0 Å². The van der Waals surface area contributed by atoms with Gasteiger partial charge in [-0.2, -0.15) is 0 Å². The minimum absolute atomic E-state index is 0.474. The highest BCUT2D eigenvalue weighted by Gasteiger charge is 2.23. The van der Waals surface area contributed by atoms with E-state index < -0.39 is 11.9 Å². The average Bonchev–Trinajstić information content (AvgIpc) is 2.40. The van der Waals surface area contributed by atoms with Crippen molar-refractivity contribution in [3.63, 3.8) is 0 Å². The van der Waals surface area contributed by atoms with Crippen LogP contribution in [-0.4, -0.2) is 53.3 Å². The van der Waals surface area contributed by atoms with Crippen LogP contribution in [0, 0.1) is 0 Å². The van der Waals surface area contributed by atoms with E-state index in [1.165, 1.54) is 5.06 Å². The Balaban J connectivity index is 1.85. The fourth-order valence-corrected chi connectivity index (χ4v) is 1.75. The normalized spacial score (nSPS) is 16.3. The van der Waals surface area contributed by atoms with Gasteiger partial charge < -0.3 is 14.8 Å². The van der Waals surface area contributed by atoms with Crippen LogP contribution < -0.4 is 4.90 Å². The minimum atomic E-state index is -1.58. The summed E-state index contributed by atoms with van der Waals surface area (Å²) < 4.78 is 0. The smallest absolute Gasteiger partial charge is 0.436 e. The Morgan fingerprint density at radius 3 is 2.33 bits per heavy atom. The molecule has 7 nitrogen and oxygen atoms in total. The molecule has 0 bridgehead atoms. The second-order valence-electron chi connectivity index (χ2n) is 3.81. The van der Waals surface area contributed by atoms with Crippen molar-refractivity contribution in [2.75, 3.05) is 31.1 Å². The molecule has 1 aliphatic heterocycles. The standard InChI is InChI=1S/C11H13N3O4/c15-10(16)11(17)18-14-7-5-13(6-8-14)9-1-3-12-4-2-9/h1-4H,5-8H2,(H,15,16). The fourth-order valence-electron chi connectivity index (χ4n) is 1.75. The monoisotopic (exact) mass is 251 g/mol. The number of hydroxylamine groups is 2. The van der Waals surface area contributed by atoms with Crippen molar-refractivity contribution in [3.8, 4) is 0 Å². The third kappa shape index (κ3) is 2.95. The molecule has 2 heterocycles. The molecule has 96 valence electrons. The highest BCUT2D eigenvalue weighted by atomic mass is 16.7. The molecule has 7 heteroatoms. The van der Waals surface area contributed by atoms with Crippen molar-refractivity contribution < 1.29 is 19.5 Å². The van der Waals surface area contributed by atoms with E-state index in [1.807, 2.05) is 12.1 Å². The van der Waals surface area contributed by atoms with E-state index in [0.29, 0.717) is 26.2 Å². The Bertz CT molecular complexity index is 429. The molecule has 1 aromatic heterocycles. The molecule has 1 aromatic rings. The van der Waals surface area contributed by atoms with Crippen LogP contribution in [0.25, 0.3) is 0 Å². The van der Waals surface area contributed by atoms with Crippen LogP contribution in [0.4, 0.5) is 5.69 Å². The summed E-state index contributed by atoms with van der Waals surface area (Å²) in [6, 6.07) is 3.80. The van der Waals surface area contributed by atoms with Crippen LogP contribution in [0.2, 0.25) is 0 Å². The molecule has 0 amide bonds. The first-order valence-corrected chi connectivity index (χ1v) is 5.52. The largest absolute Gasteiger partial charge is 0.473 e. The molecule has 0 spiro atoms. The Morgan fingerprint density at radius 1 is 1.17 bits per heavy atom. The molecule has 0 radical (unpaired) electrons. The third-order valence-electron chi connectivity index (χ3n) is 2.65. The first-order chi connectivity index (χ1) is 8.66. The van der Waals surface area contributed by atoms with Crippen molar-refractivity contribution in [1.29, 1.82) is 0 Å². The number of aromatic nitrogens is 1. The van der Waals surface area contributed by atoms with Gasteiger partial charge in [0.05, 0.1) is 13.1 Å². The predicted octanol–water partition coefficient (Wildman–Crippen LogP) is -0.254. The zero-order valence-corrected chi connectivity index (χ0v) is 9.65. The zero-order valence-electron chi connectivity index (χ0n) is 9.65. The summed E-state index contributed by atoms with van der Waals surface area (Å²) in [6.45, 7) is 2.27. The molecule has 0 aliphatic carbocycles. The van der Waals surface area contributed by atoms with Crippen LogP contribution in [0.3, 0.4) is 0 Å². The molecule has 18 heavy (non-hydrogen) atoms. The first kappa shape index (κ1) is 12.3. The second-order valence-corrected chi connectivity index (χ2v) is 3.81. The molecule has 0 saturated carbocycles. The van der Waals surface area contributed by atoms with Gasteiger partial charge >= 0.3 is 11.9 Å². The van der Waals surface area contributed by atoms with Gasteiger partial charge in [-0.05, 0) is 12.1 Å². The Labute approximate surface area is 104 Å². The van der Waals surface area contributed by atoms with Gasteiger partial charge in [0.25, 0.3) is 0 Å². The fraction of sp³-hybridized carbons (Fsp3) is 0.364. The molecule has 1 saturated heterocycles. The first-order valence-electron chi connectivity index (χ1n) is 5.52. The lowest BCUT2D eigenvalue weighted by molar-refractivity contribution is -0.198. The summed E-state index contributed by atoms with van der Waals surface area (Å²) in [7, 11) is 0. The van der Waals surface area contributed by atoms with Gasteiger partial charge in [0.1, 0.15) is 0 Å². The molecule has 0 atom stereocenters. The van der Waals surface area contributed by atoms with Crippen molar-refractivity contribution in [2.45, 2.75) is 0 Å². The zero-order chi connectivity index (χ0) is 13.0. The van der Waals surface area contributed by atoms with Gasteiger partial charge in [-0.15, -0.1) is 5.06 Å². The van der Waals surface area contributed by atoms with E-state index in [1.54, 1.807) is 12.4 Å². The topological polar surface area (TPSA) is 83.0 Å². The van der Waals surface area contributed by atoms with Crippen LogP contribution in [0.1, 0.15) is 0 Å². The van der Waals surface area contributed by atoms with Gasteiger partial charge in [0, 0.05) is 31.2 Å². The summed E-state index contributed by atoms with van der Waals surface area (Å²) >= 11 is 0. The van der Waals surface area contributed by atoms with Gasteiger partial charge in [-0.25, -0.2) is 9.59 Å². The number of piperazine rings is 1. The quantitative estimate of drug-likeness (QED) is 0.725. The molecule has 0 unspecified atom stereocenters. The number of carbonyl (C=O) groups excluding carboxylic acids is 1. The van der Waals surface area contributed by atoms with Gasteiger partial charge in [0.2, 0.25) is 0 Å². The lowest BCUT2D eigenvalue weighted by atomic mass is 10.3. The maximum Gasteiger partial charge on any atom is 0.436 e. The summed E-state index contributed by atoms with van der Waals surface area (Å²) in [6.07, 6.45) is 3.43. The van der Waals surface area contributed by atoms with Crippen molar-refractivity contribution >= 4 is 17.6 Å². The third-order valence-corrected chi connectivity index (χ3v) is 2.65. The van der Waals surface area contributed by atoms with E-state index in [4.69, 9.17) is 9.94 Å². The number of anilines is 1. The number of hydrogen-bond donors (Lipinski definition) is 1. The number of carboxylic acid groups (broad SMARTS) is 1. The van der Waals surface area contributed by atoms with Crippen molar-refractivity contribution in [2.24, 2.45) is 0 Å². The highest BCUT2D eigenvalue weighted by Crippen LogP contribution is 2.14.